The highest BCUT2D eigenvalue weighted by molar-refractivity contribution is 5.69. The van der Waals surface area contributed by atoms with Gasteiger partial charge < -0.3 is 9.80 Å². The molecule has 0 unspecified atom stereocenters. The van der Waals surface area contributed by atoms with Crippen molar-refractivity contribution < 1.29 is 0 Å². The van der Waals surface area contributed by atoms with Crippen LogP contribution in [0.25, 0.3) is 0 Å². The second kappa shape index (κ2) is 13.5. The summed E-state index contributed by atoms with van der Waals surface area (Å²) in [6, 6.07) is 23.1. The number of rotatable bonds is 3. The van der Waals surface area contributed by atoms with Crippen LogP contribution in [0, 0.1) is 28.6 Å². The van der Waals surface area contributed by atoms with Crippen molar-refractivity contribution in [3.8, 4) is 0 Å². The smallest absolute Gasteiger partial charge is 0.0413 e. The van der Waals surface area contributed by atoms with Crippen LogP contribution in [0.15, 0.2) is 60.7 Å². The molecule has 0 spiro atoms. The van der Waals surface area contributed by atoms with Gasteiger partial charge in [0.15, 0.2) is 0 Å². The molecule has 0 atom stereocenters. The lowest BCUT2D eigenvalue weighted by Gasteiger charge is -2.53. The van der Waals surface area contributed by atoms with Gasteiger partial charge in [0.1, 0.15) is 0 Å². The molecular formula is C50H78N2. The SMILES string of the molecule is CCc1cccc2c1C(C(C)(C)C)(C(C)(C)C)CN2C(C)(C)C.Cc1cccc(Cc2ccc3c(c2)C(C(C)(C)C)(C(C)(C)C)CN3C(C)(C)C)c1. The Kier molecular flexibility index (Phi) is 10.9. The second-order valence-corrected chi connectivity index (χ2v) is 22.5. The zero-order valence-corrected chi connectivity index (χ0v) is 37.5. The lowest BCUT2D eigenvalue weighted by Crippen LogP contribution is -2.55. The molecule has 0 N–H and O–H groups in total. The lowest BCUT2D eigenvalue weighted by molar-refractivity contribution is 0.0628. The first-order valence-electron chi connectivity index (χ1n) is 20.3. The zero-order valence-electron chi connectivity index (χ0n) is 37.5. The van der Waals surface area contributed by atoms with Crippen molar-refractivity contribution in [2.45, 2.75) is 173 Å². The molecule has 52 heavy (non-hydrogen) atoms. The number of hydrogen-bond donors (Lipinski definition) is 0. The first-order chi connectivity index (χ1) is 23.4. The van der Waals surface area contributed by atoms with Crippen molar-refractivity contribution in [1.29, 1.82) is 0 Å². The summed E-state index contributed by atoms with van der Waals surface area (Å²) in [7, 11) is 0. The van der Waals surface area contributed by atoms with Gasteiger partial charge in [-0.25, -0.2) is 0 Å². The Labute approximate surface area is 322 Å². The van der Waals surface area contributed by atoms with Gasteiger partial charge in [-0.2, -0.15) is 0 Å². The monoisotopic (exact) mass is 707 g/mol. The minimum Gasteiger partial charge on any atom is -0.366 e. The predicted molar refractivity (Wildman–Crippen MR) is 232 cm³/mol. The molecular weight excluding hydrogens is 629 g/mol. The molecule has 0 aromatic heterocycles. The first-order valence-corrected chi connectivity index (χ1v) is 20.3. The molecule has 5 rings (SSSR count). The molecule has 0 radical (unpaired) electrons. The van der Waals surface area contributed by atoms with E-state index in [2.05, 4.69) is 209 Å². The van der Waals surface area contributed by atoms with E-state index in [1.807, 2.05) is 0 Å². The van der Waals surface area contributed by atoms with Crippen LogP contribution in [-0.4, -0.2) is 24.2 Å². The third kappa shape index (κ3) is 7.23. The van der Waals surface area contributed by atoms with E-state index in [4.69, 9.17) is 0 Å². The van der Waals surface area contributed by atoms with Gasteiger partial charge in [0.25, 0.3) is 0 Å². The normalized spacial score (nSPS) is 17.5. The Morgan fingerprint density at radius 1 is 0.519 bits per heavy atom. The molecule has 0 saturated heterocycles. The van der Waals surface area contributed by atoms with Crippen LogP contribution >= 0.6 is 0 Å². The van der Waals surface area contributed by atoms with Crippen molar-refractivity contribution in [2.24, 2.45) is 21.7 Å². The standard InChI is InChI=1S/C28H41N.C22H37N/c1-20-12-11-13-21(16-20)17-22-14-15-24-23(18-22)28(25(2,3)4,26(5,6)7)19-29(24)27(8,9)10;1-11-16-13-12-14-17-18(16)22(19(2,3)4,20(5,6)7)15-23(17)21(8,9)10/h11-16,18H,17,19H2,1-10H3;12-14H,11,15H2,1-10H3. The molecule has 288 valence electrons. The molecule has 0 saturated carbocycles. The van der Waals surface area contributed by atoms with Crippen molar-refractivity contribution in [1.82, 2.24) is 0 Å². The summed E-state index contributed by atoms with van der Waals surface area (Å²) >= 11 is 0. The summed E-state index contributed by atoms with van der Waals surface area (Å²) in [6.45, 7) is 49.9. The van der Waals surface area contributed by atoms with Crippen LogP contribution < -0.4 is 9.80 Å². The maximum Gasteiger partial charge on any atom is 0.0413 e. The molecule has 2 heterocycles. The fourth-order valence-electron chi connectivity index (χ4n) is 10.7. The van der Waals surface area contributed by atoms with Crippen molar-refractivity contribution in [3.63, 3.8) is 0 Å². The Hall–Kier alpha value is -2.74. The number of aryl methyl sites for hydroxylation is 2. The third-order valence-corrected chi connectivity index (χ3v) is 13.1. The van der Waals surface area contributed by atoms with Gasteiger partial charge in [0.2, 0.25) is 0 Å². The summed E-state index contributed by atoms with van der Waals surface area (Å²) < 4.78 is 0. The van der Waals surface area contributed by atoms with E-state index in [9.17, 15) is 0 Å². The summed E-state index contributed by atoms with van der Waals surface area (Å²) in [5.41, 5.74) is 12.9. The summed E-state index contributed by atoms with van der Waals surface area (Å²) in [4.78, 5) is 5.30. The van der Waals surface area contributed by atoms with Gasteiger partial charge in [-0.3, -0.25) is 0 Å². The Morgan fingerprint density at radius 2 is 0.981 bits per heavy atom. The Bertz CT molecular complexity index is 1680. The van der Waals surface area contributed by atoms with Crippen molar-refractivity contribution in [2.75, 3.05) is 22.9 Å². The van der Waals surface area contributed by atoms with E-state index in [-0.39, 0.29) is 43.6 Å². The predicted octanol–water partition coefficient (Wildman–Crippen LogP) is 13.7. The van der Waals surface area contributed by atoms with Crippen LogP contribution in [0.1, 0.15) is 165 Å². The van der Waals surface area contributed by atoms with E-state index >= 15 is 0 Å². The van der Waals surface area contributed by atoms with Gasteiger partial charge in [-0.15, -0.1) is 0 Å². The van der Waals surface area contributed by atoms with Crippen LogP contribution in [0.5, 0.6) is 0 Å². The number of anilines is 2. The zero-order chi connectivity index (χ0) is 39.7. The minimum absolute atomic E-state index is 0.0885. The maximum absolute atomic E-state index is 2.65. The number of fused-ring (bicyclic) bond motifs is 2. The van der Waals surface area contributed by atoms with Gasteiger partial charge >= 0.3 is 0 Å². The second-order valence-electron chi connectivity index (χ2n) is 22.5. The van der Waals surface area contributed by atoms with Gasteiger partial charge in [-0.05, 0) is 123 Å². The average Bonchev–Trinajstić information content (AvgIpc) is 3.53. The summed E-state index contributed by atoms with van der Waals surface area (Å²) in [6.07, 6.45) is 2.10. The topological polar surface area (TPSA) is 6.48 Å². The van der Waals surface area contributed by atoms with Crippen LogP contribution in [0.3, 0.4) is 0 Å². The first kappa shape index (κ1) is 42.0. The summed E-state index contributed by atoms with van der Waals surface area (Å²) in [5.74, 6) is 0. The van der Waals surface area contributed by atoms with E-state index in [0.29, 0.717) is 0 Å². The van der Waals surface area contributed by atoms with Crippen molar-refractivity contribution >= 4 is 11.4 Å². The molecule has 0 aliphatic carbocycles. The quantitative estimate of drug-likeness (QED) is 0.267. The highest BCUT2D eigenvalue weighted by Gasteiger charge is 2.60. The largest absolute Gasteiger partial charge is 0.366 e. The van der Waals surface area contributed by atoms with Crippen LogP contribution in [-0.2, 0) is 23.7 Å². The molecule has 0 amide bonds. The molecule has 0 fully saturated rings. The molecule has 2 heteroatoms. The fraction of sp³-hybridized carbons (Fsp3) is 0.640. The summed E-state index contributed by atoms with van der Waals surface area (Å²) in [5, 5.41) is 0. The molecule has 2 nitrogen and oxygen atoms in total. The molecule has 3 aromatic carbocycles. The van der Waals surface area contributed by atoms with Gasteiger partial charge in [0, 0.05) is 46.4 Å². The molecule has 2 aliphatic heterocycles. The van der Waals surface area contributed by atoms with Crippen molar-refractivity contribution in [3.05, 3.63) is 94.0 Å². The van der Waals surface area contributed by atoms with E-state index in [0.717, 1.165) is 25.9 Å². The number of benzene rings is 3. The Balaban J connectivity index is 0.000000239. The van der Waals surface area contributed by atoms with Crippen LogP contribution in [0.4, 0.5) is 11.4 Å². The van der Waals surface area contributed by atoms with Gasteiger partial charge in [0.05, 0.1) is 0 Å². The molecule has 2 aliphatic rings. The van der Waals surface area contributed by atoms with E-state index in [1.165, 1.54) is 39.2 Å². The van der Waals surface area contributed by atoms with E-state index < -0.39 is 0 Å². The molecule has 3 aromatic rings. The van der Waals surface area contributed by atoms with Crippen LogP contribution in [0.2, 0.25) is 0 Å². The lowest BCUT2D eigenvalue weighted by atomic mass is 9.51. The number of nitrogens with zero attached hydrogens (tertiary/aromatic N) is 2. The Morgan fingerprint density at radius 3 is 1.44 bits per heavy atom. The van der Waals surface area contributed by atoms with Gasteiger partial charge in [-0.1, -0.05) is 144 Å². The highest BCUT2D eigenvalue weighted by atomic mass is 15.2. The minimum atomic E-state index is 0.0885. The average molecular weight is 707 g/mol. The fourth-order valence-corrected chi connectivity index (χ4v) is 10.7. The molecule has 0 bridgehead atoms. The highest BCUT2D eigenvalue weighted by Crippen LogP contribution is 2.62. The maximum atomic E-state index is 2.65. The van der Waals surface area contributed by atoms with E-state index in [1.54, 1.807) is 5.56 Å². The number of hydrogen-bond acceptors (Lipinski definition) is 2. The third-order valence-electron chi connectivity index (χ3n) is 13.1.